The van der Waals surface area contributed by atoms with Crippen molar-refractivity contribution >= 4 is 29.9 Å². The number of nitrogens with one attached hydrogen (secondary N) is 2. The Bertz CT molecular complexity index is 666. The summed E-state index contributed by atoms with van der Waals surface area (Å²) in [5.41, 5.74) is 3.91. The van der Waals surface area contributed by atoms with Gasteiger partial charge in [-0.05, 0) is 49.6 Å². The molecule has 25 heavy (non-hydrogen) atoms. The number of hydrogen-bond donors (Lipinski definition) is 3. The Hall–Kier alpha value is -1.83. The van der Waals surface area contributed by atoms with Crippen LogP contribution in [-0.2, 0) is 13.0 Å². The monoisotopic (exact) mass is 454 g/mol. The van der Waals surface area contributed by atoms with Gasteiger partial charge in [-0.2, -0.15) is 0 Å². The van der Waals surface area contributed by atoms with Crippen LogP contribution in [0.15, 0.2) is 41.5 Å². The van der Waals surface area contributed by atoms with Gasteiger partial charge in [0, 0.05) is 31.4 Å². The average molecular weight is 454 g/mol. The number of benzene rings is 1. The maximum Gasteiger partial charge on any atom is 0.191 e. The third-order valence-electron chi connectivity index (χ3n) is 3.71. The largest absolute Gasteiger partial charge is 0.507 e. The Balaban J connectivity index is 0.00000312. The number of hydrogen-bond acceptors (Lipinski definition) is 3. The van der Waals surface area contributed by atoms with Gasteiger partial charge in [-0.1, -0.05) is 18.2 Å². The zero-order chi connectivity index (χ0) is 17.4. The molecule has 6 heteroatoms. The zero-order valence-electron chi connectivity index (χ0n) is 15.0. The average Bonchev–Trinajstić information content (AvgIpc) is 2.58. The van der Waals surface area contributed by atoms with Crippen molar-refractivity contribution in [1.29, 1.82) is 0 Å². The maximum absolute atomic E-state index is 9.85. The van der Waals surface area contributed by atoms with Crippen molar-refractivity contribution in [1.82, 2.24) is 15.6 Å². The number of guanidine groups is 1. The lowest BCUT2D eigenvalue weighted by Crippen LogP contribution is -2.38. The van der Waals surface area contributed by atoms with E-state index in [1.807, 2.05) is 57.3 Å². The fourth-order valence-electron chi connectivity index (χ4n) is 2.50. The van der Waals surface area contributed by atoms with Gasteiger partial charge in [0.25, 0.3) is 0 Å². The van der Waals surface area contributed by atoms with Crippen molar-refractivity contribution in [3.8, 4) is 5.75 Å². The minimum absolute atomic E-state index is 0. The highest BCUT2D eigenvalue weighted by Gasteiger charge is 2.04. The van der Waals surface area contributed by atoms with Crippen molar-refractivity contribution in [3.05, 3.63) is 58.9 Å². The summed E-state index contributed by atoms with van der Waals surface area (Å²) in [6.45, 7) is 8.02. The SMILES string of the molecule is CCNC(=NCc1cc(C)c(O)c(C)c1)NCCc1ccccn1.I. The topological polar surface area (TPSA) is 69.5 Å². The number of aromatic hydroxyl groups is 1. The van der Waals surface area contributed by atoms with E-state index in [0.717, 1.165) is 47.9 Å². The minimum Gasteiger partial charge on any atom is -0.507 e. The van der Waals surface area contributed by atoms with Gasteiger partial charge < -0.3 is 15.7 Å². The van der Waals surface area contributed by atoms with E-state index in [0.29, 0.717) is 12.3 Å². The van der Waals surface area contributed by atoms with E-state index < -0.39 is 0 Å². The van der Waals surface area contributed by atoms with Crippen molar-refractivity contribution in [2.24, 2.45) is 4.99 Å². The van der Waals surface area contributed by atoms with Crippen LogP contribution in [0.4, 0.5) is 0 Å². The summed E-state index contributed by atoms with van der Waals surface area (Å²) < 4.78 is 0. The summed E-state index contributed by atoms with van der Waals surface area (Å²) in [4.78, 5) is 8.94. The fourth-order valence-corrected chi connectivity index (χ4v) is 2.50. The Labute approximate surface area is 167 Å². The van der Waals surface area contributed by atoms with Crippen LogP contribution in [0.5, 0.6) is 5.75 Å². The van der Waals surface area contributed by atoms with Gasteiger partial charge >= 0.3 is 0 Å². The first kappa shape index (κ1) is 21.2. The lowest BCUT2D eigenvalue weighted by molar-refractivity contribution is 0.466. The molecule has 0 saturated carbocycles. The molecule has 1 aromatic heterocycles. The first-order valence-electron chi connectivity index (χ1n) is 8.31. The number of phenolic OH excluding ortho intramolecular Hbond substituents is 1. The number of nitrogens with zero attached hydrogens (tertiary/aromatic N) is 2. The second-order valence-corrected chi connectivity index (χ2v) is 5.77. The Morgan fingerprint density at radius 1 is 1.16 bits per heavy atom. The molecular formula is C19H27IN4O. The van der Waals surface area contributed by atoms with Crippen molar-refractivity contribution in [2.75, 3.05) is 13.1 Å². The van der Waals surface area contributed by atoms with E-state index in [1.165, 1.54) is 0 Å². The summed E-state index contributed by atoms with van der Waals surface area (Å²) in [6.07, 6.45) is 2.66. The molecule has 1 heterocycles. The van der Waals surface area contributed by atoms with Gasteiger partial charge in [-0.15, -0.1) is 24.0 Å². The van der Waals surface area contributed by atoms with Crippen LogP contribution in [0.25, 0.3) is 0 Å². The molecule has 0 bridgehead atoms. The summed E-state index contributed by atoms with van der Waals surface area (Å²) in [7, 11) is 0. The maximum atomic E-state index is 9.85. The van der Waals surface area contributed by atoms with Crippen molar-refractivity contribution < 1.29 is 5.11 Å². The highest BCUT2D eigenvalue weighted by atomic mass is 127. The molecule has 0 radical (unpaired) electrons. The van der Waals surface area contributed by atoms with Gasteiger partial charge in [0.2, 0.25) is 0 Å². The lowest BCUT2D eigenvalue weighted by Gasteiger charge is -2.12. The number of aromatic nitrogens is 1. The Morgan fingerprint density at radius 2 is 1.88 bits per heavy atom. The molecule has 0 spiro atoms. The molecule has 2 aromatic rings. The first-order chi connectivity index (χ1) is 11.6. The molecule has 0 aliphatic rings. The van der Waals surface area contributed by atoms with Crippen LogP contribution in [0, 0.1) is 13.8 Å². The lowest BCUT2D eigenvalue weighted by atomic mass is 10.1. The number of pyridine rings is 1. The Kier molecular flexibility index (Phi) is 9.26. The fraction of sp³-hybridized carbons (Fsp3) is 0.368. The van der Waals surface area contributed by atoms with Crippen LogP contribution in [0.2, 0.25) is 0 Å². The van der Waals surface area contributed by atoms with Crippen LogP contribution in [-0.4, -0.2) is 29.1 Å². The van der Waals surface area contributed by atoms with Gasteiger partial charge in [0.15, 0.2) is 5.96 Å². The third-order valence-corrected chi connectivity index (χ3v) is 3.71. The zero-order valence-corrected chi connectivity index (χ0v) is 17.4. The second kappa shape index (κ2) is 10.9. The highest BCUT2D eigenvalue weighted by Crippen LogP contribution is 2.23. The number of rotatable bonds is 6. The number of halogens is 1. The molecule has 0 amide bonds. The molecule has 5 nitrogen and oxygen atoms in total. The quantitative estimate of drug-likeness (QED) is 0.356. The smallest absolute Gasteiger partial charge is 0.191 e. The summed E-state index contributed by atoms with van der Waals surface area (Å²) in [5, 5.41) is 16.4. The van der Waals surface area contributed by atoms with E-state index in [1.54, 1.807) is 0 Å². The van der Waals surface area contributed by atoms with E-state index in [2.05, 4.69) is 20.6 Å². The van der Waals surface area contributed by atoms with E-state index in [-0.39, 0.29) is 24.0 Å². The molecular weight excluding hydrogens is 427 g/mol. The molecule has 0 fully saturated rings. The van der Waals surface area contributed by atoms with Crippen molar-refractivity contribution in [2.45, 2.75) is 33.7 Å². The summed E-state index contributed by atoms with van der Waals surface area (Å²) in [6, 6.07) is 9.89. The number of phenols is 1. The standard InChI is InChI=1S/C19H26N4O.HI/c1-4-20-19(22-10-8-17-7-5-6-9-21-17)23-13-16-11-14(2)18(24)15(3)12-16;/h5-7,9,11-12,24H,4,8,10,13H2,1-3H3,(H2,20,22,23);1H. The van der Waals surface area contributed by atoms with Crippen LogP contribution in [0.3, 0.4) is 0 Å². The van der Waals surface area contributed by atoms with E-state index >= 15 is 0 Å². The van der Waals surface area contributed by atoms with E-state index in [9.17, 15) is 5.11 Å². The summed E-state index contributed by atoms with van der Waals surface area (Å²) >= 11 is 0. The van der Waals surface area contributed by atoms with Gasteiger partial charge in [0.05, 0.1) is 6.54 Å². The molecule has 2 rings (SSSR count). The first-order valence-corrected chi connectivity index (χ1v) is 8.31. The van der Waals surface area contributed by atoms with Gasteiger partial charge in [-0.3, -0.25) is 4.98 Å². The third kappa shape index (κ3) is 6.89. The molecule has 3 N–H and O–H groups in total. The Morgan fingerprint density at radius 3 is 2.48 bits per heavy atom. The van der Waals surface area contributed by atoms with E-state index in [4.69, 9.17) is 0 Å². The molecule has 0 atom stereocenters. The van der Waals surface area contributed by atoms with Crippen molar-refractivity contribution in [3.63, 3.8) is 0 Å². The van der Waals surface area contributed by atoms with Crippen LogP contribution >= 0.6 is 24.0 Å². The molecule has 0 saturated heterocycles. The number of aliphatic imine (C=N–C) groups is 1. The highest BCUT2D eigenvalue weighted by molar-refractivity contribution is 14.0. The molecule has 136 valence electrons. The molecule has 1 aromatic carbocycles. The minimum atomic E-state index is 0. The predicted molar refractivity (Wildman–Crippen MR) is 114 cm³/mol. The molecule has 0 aliphatic heterocycles. The second-order valence-electron chi connectivity index (χ2n) is 5.77. The normalized spacial score (nSPS) is 10.9. The van der Waals surface area contributed by atoms with Crippen LogP contribution < -0.4 is 10.6 Å². The van der Waals surface area contributed by atoms with Crippen LogP contribution in [0.1, 0.15) is 29.3 Å². The van der Waals surface area contributed by atoms with Gasteiger partial charge in [0.1, 0.15) is 5.75 Å². The molecule has 0 aliphatic carbocycles. The number of aryl methyl sites for hydroxylation is 2. The summed E-state index contributed by atoms with van der Waals surface area (Å²) in [5.74, 6) is 1.15. The molecule has 0 unspecified atom stereocenters. The van der Waals surface area contributed by atoms with Gasteiger partial charge in [-0.25, -0.2) is 4.99 Å². The predicted octanol–water partition coefficient (Wildman–Crippen LogP) is 3.32.